The molecule has 1 heterocycles. The second kappa shape index (κ2) is 8.31. The maximum Gasteiger partial charge on any atom is 0.175 e. The number of ketones is 1. The van der Waals surface area contributed by atoms with Gasteiger partial charge in [0.15, 0.2) is 5.78 Å². The third-order valence-corrected chi connectivity index (χ3v) is 7.02. The second-order valence-corrected chi connectivity index (χ2v) is 9.85. The number of Topliss-reactive ketones (excluding diaryl/α,β-unsaturated/α-hetero) is 1. The number of ether oxygens (including phenoxy) is 1. The van der Waals surface area contributed by atoms with E-state index in [9.17, 15) is 4.79 Å². The minimum atomic E-state index is -0.381. The van der Waals surface area contributed by atoms with Gasteiger partial charge in [-0.2, -0.15) is 0 Å². The fourth-order valence-electron chi connectivity index (χ4n) is 3.95. The average molecular weight is 409 g/mol. The van der Waals surface area contributed by atoms with Gasteiger partial charge in [-0.1, -0.05) is 58.9 Å². The average Bonchev–Trinajstić information content (AvgIpc) is 3.16. The molecule has 3 rings (SSSR count). The molecule has 29 heavy (non-hydrogen) atoms. The number of thiophene rings is 1. The summed E-state index contributed by atoms with van der Waals surface area (Å²) in [6.07, 6.45) is 2.06. The van der Waals surface area contributed by atoms with E-state index in [4.69, 9.17) is 4.74 Å². The van der Waals surface area contributed by atoms with Crippen molar-refractivity contribution in [2.45, 2.75) is 59.8 Å². The molecule has 0 bridgehead atoms. The molecule has 1 aromatic heterocycles. The van der Waals surface area contributed by atoms with E-state index in [0.29, 0.717) is 0 Å². The number of fused-ring (bicyclic) bond motifs is 1. The van der Waals surface area contributed by atoms with Crippen LogP contribution in [0.15, 0.2) is 47.8 Å². The summed E-state index contributed by atoms with van der Waals surface area (Å²) in [6, 6.07) is 15.5. The normalized spacial score (nSPS) is 12.3. The monoisotopic (exact) mass is 408 g/mol. The SMILES string of the molecule is CCC(CC)(c1ccc(OCC(=O)C(C)(C)C)c(C)c1)c1ccc2ccsc2c1. The van der Waals surface area contributed by atoms with Crippen LogP contribution in [0.1, 0.15) is 64.2 Å². The van der Waals surface area contributed by atoms with Gasteiger partial charge in [0.1, 0.15) is 12.4 Å². The standard InChI is InChI=1S/C26H32O2S/c1-7-26(8-2,21-10-9-19-13-14-29-23(19)16-21)20-11-12-22(18(3)15-20)28-17-24(27)25(4,5)6/h9-16H,7-8,17H2,1-6H3. The number of carbonyl (C=O) groups is 1. The number of rotatable bonds is 7. The van der Waals surface area contributed by atoms with E-state index in [1.54, 1.807) is 11.3 Å². The molecule has 3 aromatic rings. The first kappa shape index (κ1) is 21.6. The van der Waals surface area contributed by atoms with Crippen LogP contribution in [0.25, 0.3) is 10.1 Å². The summed E-state index contributed by atoms with van der Waals surface area (Å²) in [5, 5.41) is 3.46. The highest BCUT2D eigenvalue weighted by molar-refractivity contribution is 7.17. The smallest absolute Gasteiger partial charge is 0.175 e. The van der Waals surface area contributed by atoms with Crippen LogP contribution in [0.5, 0.6) is 5.75 Å². The largest absolute Gasteiger partial charge is 0.486 e. The van der Waals surface area contributed by atoms with E-state index in [0.717, 1.165) is 24.2 Å². The Bertz CT molecular complexity index is 1000. The molecular weight excluding hydrogens is 376 g/mol. The summed E-state index contributed by atoms with van der Waals surface area (Å²) < 4.78 is 7.20. The quantitative estimate of drug-likeness (QED) is 0.410. The van der Waals surface area contributed by atoms with Crippen molar-refractivity contribution in [3.63, 3.8) is 0 Å². The fourth-order valence-corrected chi connectivity index (χ4v) is 4.78. The van der Waals surface area contributed by atoms with Crippen LogP contribution in [0.2, 0.25) is 0 Å². The molecule has 0 spiro atoms. The van der Waals surface area contributed by atoms with Gasteiger partial charge in [0.05, 0.1) is 0 Å². The first-order chi connectivity index (χ1) is 13.7. The van der Waals surface area contributed by atoms with Crippen LogP contribution >= 0.6 is 11.3 Å². The molecule has 0 N–H and O–H groups in total. The number of hydrogen-bond donors (Lipinski definition) is 0. The van der Waals surface area contributed by atoms with Gasteiger partial charge in [0.25, 0.3) is 0 Å². The molecule has 0 aliphatic rings. The van der Waals surface area contributed by atoms with Gasteiger partial charge in [0, 0.05) is 15.5 Å². The van der Waals surface area contributed by atoms with Crippen LogP contribution in [-0.4, -0.2) is 12.4 Å². The molecule has 2 aromatic carbocycles. The number of aryl methyl sites for hydroxylation is 1. The molecule has 0 amide bonds. The Labute approximate surface area is 178 Å². The highest BCUT2D eigenvalue weighted by atomic mass is 32.1. The molecule has 0 saturated heterocycles. The number of hydrogen-bond acceptors (Lipinski definition) is 3. The van der Waals surface area contributed by atoms with Crippen LogP contribution in [-0.2, 0) is 10.2 Å². The molecule has 0 aliphatic heterocycles. The van der Waals surface area contributed by atoms with Crippen molar-refractivity contribution >= 4 is 27.2 Å². The van der Waals surface area contributed by atoms with Gasteiger partial charge < -0.3 is 4.74 Å². The third-order valence-electron chi connectivity index (χ3n) is 6.14. The first-order valence-corrected chi connectivity index (χ1v) is 11.3. The van der Waals surface area contributed by atoms with Crippen molar-refractivity contribution in [3.05, 3.63) is 64.5 Å². The zero-order valence-electron chi connectivity index (χ0n) is 18.5. The van der Waals surface area contributed by atoms with Crippen molar-refractivity contribution in [3.8, 4) is 5.75 Å². The predicted octanol–water partition coefficient (Wildman–Crippen LogP) is 7.31. The van der Waals surface area contributed by atoms with Crippen LogP contribution < -0.4 is 4.74 Å². The molecule has 154 valence electrons. The third kappa shape index (κ3) is 4.25. The summed E-state index contributed by atoms with van der Waals surface area (Å²) in [6.45, 7) is 12.5. The zero-order valence-corrected chi connectivity index (χ0v) is 19.3. The van der Waals surface area contributed by atoms with Gasteiger partial charge in [0.2, 0.25) is 0 Å². The van der Waals surface area contributed by atoms with Gasteiger partial charge in [-0.3, -0.25) is 4.79 Å². The molecule has 0 radical (unpaired) electrons. The lowest BCUT2D eigenvalue weighted by Gasteiger charge is -2.34. The lowest BCUT2D eigenvalue weighted by Crippen LogP contribution is -2.27. The Morgan fingerprint density at radius 3 is 2.24 bits per heavy atom. The highest BCUT2D eigenvalue weighted by Crippen LogP contribution is 2.41. The molecule has 2 nitrogen and oxygen atoms in total. The van der Waals surface area contributed by atoms with Crippen molar-refractivity contribution in [2.24, 2.45) is 5.41 Å². The van der Waals surface area contributed by atoms with E-state index in [-0.39, 0.29) is 23.2 Å². The minimum absolute atomic E-state index is 0.0251. The van der Waals surface area contributed by atoms with Gasteiger partial charge in [-0.05, 0) is 65.4 Å². The maximum atomic E-state index is 12.2. The summed E-state index contributed by atoms with van der Waals surface area (Å²) in [5.41, 5.74) is 3.35. The minimum Gasteiger partial charge on any atom is -0.486 e. The van der Waals surface area contributed by atoms with Gasteiger partial charge >= 0.3 is 0 Å². The summed E-state index contributed by atoms with van der Waals surface area (Å²) in [4.78, 5) is 12.2. The maximum absolute atomic E-state index is 12.2. The Morgan fingerprint density at radius 1 is 0.966 bits per heavy atom. The number of benzene rings is 2. The lowest BCUT2D eigenvalue weighted by molar-refractivity contribution is -0.128. The van der Waals surface area contributed by atoms with E-state index in [2.05, 4.69) is 62.5 Å². The number of carbonyl (C=O) groups excluding carboxylic acids is 1. The topological polar surface area (TPSA) is 26.3 Å². The Kier molecular flexibility index (Phi) is 6.19. The summed E-state index contributed by atoms with van der Waals surface area (Å²) in [7, 11) is 0. The predicted molar refractivity (Wildman–Crippen MR) is 124 cm³/mol. The van der Waals surface area contributed by atoms with Gasteiger partial charge in [-0.25, -0.2) is 0 Å². The van der Waals surface area contributed by atoms with Gasteiger partial charge in [-0.15, -0.1) is 11.3 Å². The van der Waals surface area contributed by atoms with Crippen molar-refractivity contribution < 1.29 is 9.53 Å². The fraction of sp³-hybridized carbons (Fsp3) is 0.423. The van der Waals surface area contributed by atoms with E-state index in [1.165, 1.54) is 21.2 Å². The highest BCUT2D eigenvalue weighted by Gasteiger charge is 2.31. The molecular formula is C26H32O2S. The van der Waals surface area contributed by atoms with Crippen LogP contribution in [0, 0.1) is 12.3 Å². The zero-order chi connectivity index (χ0) is 21.2. The van der Waals surface area contributed by atoms with E-state index in [1.807, 2.05) is 26.8 Å². The summed E-state index contributed by atoms with van der Waals surface area (Å²) >= 11 is 1.80. The van der Waals surface area contributed by atoms with E-state index >= 15 is 0 Å². The Hall–Kier alpha value is -2.13. The van der Waals surface area contributed by atoms with Crippen LogP contribution in [0.3, 0.4) is 0 Å². The van der Waals surface area contributed by atoms with Crippen molar-refractivity contribution in [1.82, 2.24) is 0 Å². The van der Waals surface area contributed by atoms with E-state index < -0.39 is 0 Å². The molecule has 0 aliphatic carbocycles. The first-order valence-electron chi connectivity index (χ1n) is 10.5. The molecule has 0 atom stereocenters. The van der Waals surface area contributed by atoms with Crippen molar-refractivity contribution in [1.29, 1.82) is 0 Å². The molecule has 0 unspecified atom stereocenters. The lowest BCUT2D eigenvalue weighted by atomic mass is 9.70. The molecule has 3 heteroatoms. The summed E-state index contributed by atoms with van der Waals surface area (Å²) in [5.74, 6) is 0.905. The molecule has 0 fully saturated rings. The van der Waals surface area contributed by atoms with Crippen LogP contribution in [0.4, 0.5) is 0 Å². The second-order valence-electron chi connectivity index (χ2n) is 8.90. The Balaban J connectivity index is 1.93. The Morgan fingerprint density at radius 2 is 1.62 bits per heavy atom. The van der Waals surface area contributed by atoms with Crippen molar-refractivity contribution in [2.75, 3.05) is 6.61 Å². The molecule has 0 saturated carbocycles.